The van der Waals surface area contributed by atoms with Crippen molar-refractivity contribution in [3.05, 3.63) is 77.6 Å². The maximum absolute atomic E-state index is 12.7. The topological polar surface area (TPSA) is 12.9 Å². The fourth-order valence-corrected chi connectivity index (χ4v) is 2.55. The zero-order valence-corrected chi connectivity index (χ0v) is 11.8. The van der Waals surface area contributed by atoms with Gasteiger partial charge in [0.15, 0.2) is 0 Å². The van der Waals surface area contributed by atoms with Crippen LogP contribution in [0.4, 0.5) is 13.2 Å². The monoisotopic (exact) mass is 301 g/mol. The zero-order chi connectivity index (χ0) is 15.6. The third kappa shape index (κ3) is 3.45. The minimum absolute atomic E-state index is 0.0668. The molecule has 0 saturated heterocycles. The molecule has 0 bridgehead atoms. The lowest BCUT2D eigenvalue weighted by molar-refractivity contribution is -0.127. The first kappa shape index (κ1) is 14.6. The summed E-state index contributed by atoms with van der Waals surface area (Å²) in [6.45, 7) is 0. The van der Waals surface area contributed by atoms with E-state index in [1.807, 2.05) is 54.6 Å². The van der Waals surface area contributed by atoms with Crippen molar-refractivity contribution in [1.82, 2.24) is 4.98 Å². The molecule has 112 valence electrons. The minimum Gasteiger partial charge on any atom is -0.257 e. The molecule has 0 aliphatic carbocycles. The predicted octanol–water partition coefficient (Wildman–Crippen LogP) is 4.93. The summed E-state index contributed by atoms with van der Waals surface area (Å²) >= 11 is 0. The Kier molecular flexibility index (Phi) is 3.84. The fraction of sp³-hybridized carbons (Fsp3) is 0.167. The maximum Gasteiger partial charge on any atom is 0.394 e. The summed E-state index contributed by atoms with van der Waals surface area (Å²) in [6, 6.07) is 18.6. The third-order valence-electron chi connectivity index (χ3n) is 3.47. The van der Waals surface area contributed by atoms with Gasteiger partial charge >= 0.3 is 6.18 Å². The lowest BCUT2D eigenvalue weighted by Crippen LogP contribution is -2.13. The summed E-state index contributed by atoms with van der Waals surface area (Å²) in [6.07, 6.45) is -4.73. The molecule has 3 aromatic rings. The van der Waals surface area contributed by atoms with Crippen molar-refractivity contribution < 1.29 is 13.2 Å². The summed E-state index contributed by atoms with van der Waals surface area (Å²) in [5.41, 5.74) is 1.78. The normalized spacial score (nSPS) is 11.8. The highest BCUT2D eigenvalue weighted by atomic mass is 19.4. The van der Waals surface area contributed by atoms with Gasteiger partial charge in [-0.15, -0.1) is 0 Å². The summed E-state index contributed by atoms with van der Waals surface area (Å²) in [7, 11) is 0. The molecular weight excluding hydrogens is 287 g/mol. The molecule has 4 heteroatoms. The van der Waals surface area contributed by atoms with E-state index in [2.05, 4.69) is 4.98 Å². The van der Waals surface area contributed by atoms with Gasteiger partial charge in [-0.05, 0) is 17.0 Å². The number of fused-ring (bicyclic) bond motifs is 1. The molecule has 2 aromatic carbocycles. The maximum atomic E-state index is 12.7. The van der Waals surface area contributed by atoms with E-state index in [-0.39, 0.29) is 5.69 Å². The number of nitrogens with zero attached hydrogens (tertiary/aromatic N) is 1. The highest BCUT2D eigenvalue weighted by Gasteiger charge is 2.28. The number of aromatic nitrogens is 1. The van der Waals surface area contributed by atoms with Crippen LogP contribution in [0.3, 0.4) is 0 Å². The van der Waals surface area contributed by atoms with Crippen LogP contribution >= 0.6 is 0 Å². The quantitative estimate of drug-likeness (QED) is 0.668. The Balaban J connectivity index is 2.06. The van der Waals surface area contributed by atoms with Gasteiger partial charge in [-0.1, -0.05) is 54.6 Å². The lowest BCUT2D eigenvalue weighted by atomic mass is 10.0. The molecule has 0 aliphatic heterocycles. The fourth-order valence-electron chi connectivity index (χ4n) is 2.55. The van der Waals surface area contributed by atoms with Crippen LogP contribution in [0.2, 0.25) is 0 Å². The summed E-state index contributed by atoms with van der Waals surface area (Å²) < 4.78 is 38.0. The Morgan fingerprint density at radius 3 is 2.27 bits per heavy atom. The van der Waals surface area contributed by atoms with E-state index in [1.165, 1.54) is 6.07 Å². The van der Waals surface area contributed by atoms with Crippen molar-refractivity contribution in [3.8, 4) is 0 Å². The van der Waals surface area contributed by atoms with Crippen LogP contribution in [0.15, 0.2) is 60.7 Å². The van der Waals surface area contributed by atoms with Crippen LogP contribution in [0, 0.1) is 0 Å². The van der Waals surface area contributed by atoms with Crippen LogP contribution in [-0.2, 0) is 12.8 Å². The minimum atomic E-state index is -4.25. The van der Waals surface area contributed by atoms with Crippen molar-refractivity contribution in [2.45, 2.75) is 19.0 Å². The van der Waals surface area contributed by atoms with Gasteiger partial charge in [-0.3, -0.25) is 4.98 Å². The van der Waals surface area contributed by atoms with Gasteiger partial charge in [0.1, 0.15) is 0 Å². The molecule has 1 aromatic heterocycles. The summed E-state index contributed by atoms with van der Waals surface area (Å²) in [4.78, 5) is 4.26. The molecular formula is C18H14F3N. The number of halogens is 3. The molecule has 0 saturated carbocycles. The molecule has 0 spiro atoms. The van der Waals surface area contributed by atoms with Crippen molar-refractivity contribution >= 4 is 10.8 Å². The predicted molar refractivity (Wildman–Crippen MR) is 80.8 cm³/mol. The van der Waals surface area contributed by atoms with Crippen LogP contribution < -0.4 is 0 Å². The molecule has 0 amide bonds. The van der Waals surface area contributed by atoms with Crippen LogP contribution in [0.25, 0.3) is 10.8 Å². The van der Waals surface area contributed by atoms with Gasteiger partial charge in [0.05, 0.1) is 17.8 Å². The molecule has 3 rings (SSSR count). The number of benzene rings is 2. The summed E-state index contributed by atoms with van der Waals surface area (Å²) in [5.74, 6) is 0. The van der Waals surface area contributed by atoms with E-state index in [0.29, 0.717) is 12.1 Å². The molecule has 1 heterocycles. The number of alkyl halides is 3. The van der Waals surface area contributed by atoms with Crippen molar-refractivity contribution in [2.24, 2.45) is 0 Å². The second kappa shape index (κ2) is 5.79. The largest absolute Gasteiger partial charge is 0.394 e. The van der Waals surface area contributed by atoms with Gasteiger partial charge < -0.3 is 0 Å². The van der Waals surface area contributed by atoms with E-state index in [0.717, 1.165) is 16.3 Å². The summed E-state index contributed by atoms with van der Waals surface area (Å²) in [5, 5.41) is 1.69. The first-order valence-corrected chi connectivity index (χ1v) is 6.99. The number of pyridine rings is 1. The SMILES string of the molecule is FC(F)(F)Cc1cc2ccccc2c(Cc2ccccc2)n1. The zero-order valence-electron chi connectivity index (χ0n) is 11.8. The average Bonchev–Trinajstić information content (AvgIpc) is 2.46. The second-order valence-electron chi connectivity index (χ2n) is 5.24. The van der Waals surface area contributed by atoms with E-state index in [4.69, 9.17) is 0 Å². The van der Waals surface area contributed by atoms with Crippen molar-refractivity contribution in [3.63, 3.8) is 0 Å². The standard InChI is InChI=1S/C18H14F3N/c19-18(20,21)12-15-11-14-8-4-5-9-16(14)17(22-15)10-13-6-2-1-3-7-13/h1-9,11H,10,12H2. The molecule has 1 nitrogen and oxygen atoms in total. The molecule has 0 aliphatic rings. The first-order valence-electron chi connectivity index (χ1n) is 6.99. The number of hydrogen-bond acceptors (Lipinski definition) is 1. The third-order valence-corrected chi connectivity index (χ3v) is 3.47. The second-order valence-corrected chi connectivity index (χ2v) is 5.24. The van der Waals surface area contributed by atoms with Crippen molar-refractivity contribution in [1.29, 1.82) is 0 Å². The molecule has 0 radical (unpaired) electrons. The highest BCUT2D eigenvalue weighted by molar-refractivity contribution is 5.85. The van der Waals surface area contributed by atoms with Crippen molar-refractivity contribution in [2.75, 3.05) is 0 Å². The molecule has 22 heavy (non-hydrogen) atoms. The molecule has 0 atom stereocenters. The van der Waals surface area contributed by atoms with Gasteiger partial charge in [-0.2, -0.15) is 13.2 Å². The Morgan fingerprint density at radius 1 is 0.864 bits per heavy atom. The van der Waals surface area contributed by atoms with Crippen LogP contribution in [0.5, 0.6) is 0 Å². The highest BCUT2D eigenvalue weighted by Crippen LogP contribution is 2.25. The van der Waals surface area contributed by atoms with E-state index < -0.39 is 12.6 Å². The number of hydrogen-bond donors (Lipinski definition) is 0. The average molecular weight is 301 g/mol. The number of rotatable bonds is 3. The Hall–Kier alpha value is -2.36. The van der Waals surface area contributed by atoms with Gasteiger partial charge in [0.25, 0.3) is 0 Å². The van der Waals surface area contributed by atoms with Crippen LogP contribution in [-0.4, -0.2) is 11.2 Å². The Bertz CT molecular complexity index is 779. The molecule has 0 unspecified atom stereocenters. The van der Waals surface area contributed by atoms with E-state index >= 15 is 0 Å². The van der Waals surface area contributed by atoms with E-state index in [1.54, 1.807) is 0 Å². The smallest absolute Gasteiger partial charge is 0.257 e. The Morgan fingerprint density at radius 2 is 1.55 bits per heavy atom. The van der Waals surface area contributed by atoms with Crippen LogP contribution in [0.1, 0.15) is 17.0 Å². The molecule has 0 N–H and O–H groups in total. The Labute approximate surface area is 126 Å². The lowest BCUT2D eigenvalue weighted by Gasteiger charge is -2.11. The first-order chi connectivity index (χ1) is 10.5. The van der Waals surface area contributed by atoms with E-state index in [9.17, 15) is 13.2 Å². The van der Waals surface area contributed by atoms with Gasteiger partial charge in [-0.25, -0.2) is 0 Å². The molecule has 0 fully saturated rings. The van der Waals surface area contributed by atoms with Gasteiger partial charge in [0, 0.05) is 11.8 Å². The van der Waals surface area contributed by atoms with Gasteiger partial charge in [0.2, 0.25) is 0 Å².